The van der Waals surface area contributed by atoms with E-state index < -0.39 is 24.6 Å². The van der Waals surface area contributed by atoms with Crippen molar-refractivity contribution in [3.05, 3.63) is 0 Å². The van der Waals surface area contributed by atoms with Gasteiger partial charge in [-0.25, -0.2) is 4.79 Å². The van der Waals surface area contributed by atoms with Crippen LogP contribution in [0.25, 0.3) is 0 Å². The first-order valence-electron chi connectivity index (χ1n) is 7.76. The van der Waals surface area contributed by atoms with E-state index in [1.807, 2.05) is 20.8 Å². The molecule has 2 fully saturated rings. The third kappa shape index (κ3) is 2.91. The first-order valence-corrected chi connectivity index (χ1v) is 7.76. The maximum absolute atomic E-state index is 12.8. The van der Waals surface area contributed by atoms with Gasteiger partial charge in [-0.15, -0.1) is 0 Å². The van der Waals surface area contributed by atoms with Crippen LogP contribution in [0, 0.1) is 5.41 Å². The number of halogens is 3. The number of alkyl halides is 3. The number of hydrogen-bond acceptors (Lipinski definition) is 3. The van der Waals surface area contributed by atoms with Crippen LogP contribution in [-0.2, 0) is 4.74 Å². The van der Waals surface area contributed by atoms with E-state index in [1.54, 1.807) is 7.11 Å². The van der Waals surface area contributed by atoms with Gasteiger partial charge in [-0.05, 0) is 13.3 Å². The number of piperidine rings is 1. The molecule has 8 heteroatoms. The van der Waals surface area contributed by atoms with Crippen molar-refractivity contribution in [1.82, 2.24) is 10.2 Å². The maximum atomic E-state index is 12.8. The normalized spacial score (nSPS) is 33.0. The number of carbonyl (C=O) groups excluding carboxylic acids is 1. The molecule has 0 bridgehead atoms. The number of hydrogen-bond donors (Lipinski definition) is 2. The zero-order valence-electron chi connectivity index (χ0n) is 14.0. The summed E-state index contributed by atoms with van der Waals surface area (Å²) in [6.07, 6.45) is -4.99. The monoisotopic (exact) mass is 338 g/mol. The van der Waals surface area contributed by atoms with Gasteiger partial charge in [0, 0.05) is 44.5 Å². The van der Waals surface area contributed by atoms with Crippen molar-refractivity contribution in [2.45, 2.75) is 63.5 Å². The van der Waals surface area contributed by atoms with Gasteiger partial charge in [0.1, 0.15) is 0 Å². The zero-order valence-corrected chi connectivity index (χ0v) is 14.0. The van der Waals surface area contributed by atoms with E-state index in [0.29, 0.717) is 6.42 Å². The number of aliphatic hydroxyl groups is 1. The summed E-state index contributed by atoms with van der Waals surface area (Å²) in [6.45, 7) is 5.72. The van der Waals surface area contributed by atoms with Crippen molar-refractivity contribution >= 4 is 6.03 Å². The Morgan fingerprint density at radius 2 is 1.78 bits per heavy atom. The fourth-order valence-corrected chi connectivity index (χ4v) is 3.33. The van der Waals surface area contributed by atoms with Gasteiger partial charge < -0.3 is 20.1 Å². The average molecular weight is 338 g/mol. The molecular formula is C15H25F3N2O3. The minimum Gasteiger partial charge on any atom is -0.380 e. The first-order chi connectivity index (χ1) is 10.4. The van der Waals surface area contributed by atoms with Crippen LogP contribution in [0.3, 0.4) is 0 Å². The summed E-state index contributed by atoms with van der Waals surface area (Å²) < 4.78 is 43.8. The number of ether oxygens (including phenoxy) is 1. The molecule has 1 aliphatic heterocycles. The van der Waals surface area contributed by atoms with Gasteiger partial charge in [-0.3, -0.25) is 0 Å². The Balaban J connectivity index is 1.90. The number of carbonyl (C=O) groups is 1. The van der Waals surface area contributed by atoms with Crippen molar-refractivity contribution < 1.29 is 27.8 Å². The van der Waals surface area contributed by atoms with E-state index in [4.69, 9.17) is 4.74 Å². The Hall–Kier alpha value is -1.02. The van der Waals surface area contributed by atoms with Crippen molar-refractivity contribution in [1.29, 1.82) is 0 Å². The molecule has 2 N–H and O–H groups in total. The largest absolute Gasteiger partial charge is 0.417 e. The summed E-state index contributed by atoms with van der Waals surface area (Å²) in [7, 11) is 1.63. The molecule has 0 aromatic carbocycles. The second-order valence-corrected chi connectivity index (χ2v) is 7.38. The highest BCUT2D eigenvalue weighted by molar-refractivity contribution is 5.75. The molecule has 5 nitrogen and oxygen atoms in total. The summed E-state index contributed by atoms with van der Waals surface area (Å²) in [5, 5.41) is 12.5. The number of methoxy groups -OCH3 is 1. The number of nitrogens with one attached hydrogen (secondary N) is 1. The number of nitrogens with zero attached hydrogens (tertiary/aromatic N) is 1. The van der Waals surface area contributed by atoms with Crippen LogP contribution >= 0.6 is 0 Å². The minimum absolute atomic E-state index is 0.0941. The topological polar surface area (TPSA) is 61.8 Å². The quantitative estimate of drug-likeness (QED) is 0.812. The lowest BCUT2D eigenvalue weighted by Gasteiger charge is -2.59. The lowest BCUT2D eigenvalue weighted by molar-refractivity contribution is -0.271. The maximum Gasteiger partial charge on any atom is 0.417 e. The molecule has 0 aromatic heterocycles. The van der Waals surface area contributed by atoms with Gasteiger partial charge in [0.2, 0.25) is 0 Å². The fraction of sp³-hybridized carbons (Fsp3) is 0.933. The zero-order chi connectivity index (χ0) is 17.7. The summed E-state index contributed by atoms with van der Waals surface area (Å²) in [6, 6.07) is -0.478. The van der Waals surface area contributed by atoms with Crippen LogP contribution in [0.2, 0.25) is 0 Å². The van der Waals surface area contributed by atoms with Gasteiger partial charge in [0.25, 0.3) is 0 Å². The van der Waals surface area contributed by atoms with E-state index in [1.165, 1.54) is 4.90 Å². The molecule has 1 heterocycles. The SMILES string of the molecule is COC1(C)CC(NC(=O)N2CCC(O)(C(F)(F)F)CC2)C1(C)C. The summed E-state index contributed by atoms with van der Waals surface area (Å²) in [5.74, 6) is 0. The van der Waals surface area contributed by atoms with E-state index in [2.05, 4.69) is 5.32 Å². The number of rotatable bonds is 2. The predicted octanol–water partition coefficient (Wildman–Crippen LogP) is 2.29. The Morgan fingerprint density at radius 3 is 2.17 bits per heavy atom. The summed E-state index contributed by atoms with van der Waals surface area (Å²) >= 11 is 0. The lowest BCUT2D eigenvalue weighted by Crippen LogP contribution is -2.69. The number of amides is 2. The molecule has 2 atom stereocenters. The molecule has 2 aliphatic rings. The minimum atomic E-state index is -4.66. The standard InChI is InChI=1S/C15H25F3N2O3/c1-12(2)10(9-13(12,3)23-4)19-11(21)20-7-5-14(22,6-8-20)15(16,17)18/h10,22H,5-9H2,1-4H3,(H,19,21). The van der Waals surface area contributed by atoms with Crippen LogP contribution in [-0.4, -0.2) is 59.7 Å². The van der Waals surface area contributed by atoms with Crippen LogP contribution < -0.4 is 5.32 Å². The van der Waals surface area contributed by atoms with Gasteiger partial charge >= 0.3 is 12.2 Å². The summed E-state index contributed by atoms with van der Waals surface area (Å²) in [5.41, 5.74) is -3.28. The predicted molar refractivity (Wildman–Crippen MR) is 77.9 cm³/mol. The molecule has 2 rings (SSSR count). The van der Waals surface area contributed by atoms with Crippen molar-refractivity contribution in [3.8, 4) is 0 Å². The smallest absolute Gasteiger partial charge is 0.380 e. The Bertz CT molecular complexity index is 473. The highest BCUT2D eigenvalue weighted by Crippen LogP contribution is 2.51. The van der Waals surface area contributed by atoms with E-state index in [0.717, 1.165) is 0 Å². The highest BCUT2D eigenvalue weighted by Gasteiger charge is 2.59. The third-order valence-electron chi connectivity index (χ3n) is 5.98. The Morgan fingerprint density at radius 1 is 1.26 bits per heavy atom. The molecule has 2 unspecified atom stereocenters. The van der Waals surface area contributed by atoms with Gasteiger partial charge in [0.05, 0.1) is 5.60 Å². The van der Waals surface area contributed by atoms with E-state index in [9.17, 15) is 23.1 Å². The van der Waals surface area contributed by atoms with Gasteiger partial charge in [-0.1, -0.05) is 13.8 Å². The second-order valence-electron chi connectivity index (χ2n) is 7.38. The van der Waals surface area contributed by atoms with Crippen molar-refractivity contribution in [3.63, 3.8) is 0 Å². The number of likely N-dealkylation sites (tertiary alicyclic amines) is 1. The second kappa shape index (κ2) is 5.51. The number of urea groups is 1. The molecule has 1 saturated heterocycles. The molecule has 134 valence electrons. The van der Waals surface area contributed by atoms with Crippen molar-refractivity contribution in [2.24, 2.45) is 5.41 Å². The van der Waals surface area contributed by atoms with Crippen LogP contribution in [0.5, 0.6) is 0 Å². The van der Waals surface area contributed by atoms with Gasteiger partial charge in [-0.2, -0.15) is 13.2 Å². The van der Waals surface area contributed by atoms with E-state index in [-0.39, 0.29) is 36.2 Å². The molecule has 1 aliphatic carbocycles. The molecule has 0 spiro atoms. The molecule has 0 radical (unpaired) electrons. The lowest BCUT2D eigenvalue weighted by atomic mass is 9.56. The average Bonchev–Trinajstić information content (AvgIpc) is 2.46. The highest BCUT2D eigenvalue weighted by atomic mass is 19.4. The molecule has 1 saturated carbocycles. The Kier molecular flexibility index (Phi) is 4.39. The third-order valence-corrected chi connectivity index (χ3v) is 5.98. The van der Waals surface area contributed by atoms with E-state index >= 15 is 0 Å². The first kappa shape index (κ1) is 18.3. The van der Waals surface area contributed by atoms with Crippen molar-refractivity contribution in [2.75, 3.05) is 20.2 Å². The summed E-state index contributed by atoms with van der Waals surface area (Å²) in [4.78, 5) is 13.6. The molecular weight excluding hydrogens is 313 g/mol. The molecule has 23 heavy (non-hydrogen) atoms. The van der Waals surface area contributed by atoms with Gasteiger partial charge in [0.15, 0.2) is 5.60 Å². The Labute approximate surface area is 134 Å². The van der Waals surface area contributed by atoms with Crippen LogP contribution in [0.4, 0.5) is 18.0 Å². The van der Waals surface area contributed by atoms with Crippen LogP contribution in [0.1, 0.15) is 40.0 Å². The molecule has 2 amide bonds. The van der Waals surface area contributed by atoms with Crippen LogP contribution in [0.15, 0.2) is 0 Å². The molecule has 0 aromatic rings. The fourth-order valence-electron chi connectivity index (χ4n) is 3.33.